The summed E-state index contributed by atoms with van der Waals surface area (Å²) in [5, 5.41) is 2.84. The van der Waals surface area contributed by atoms with Gasteiger partial charge < -0.3 is 10.1 Å². The highest BCUT2D eigenvalue weighted by Crippen LogP contribution is 2.42. The molecule has 0 unspecified atom stereocenters. The number of carbonyl (C=O) groups excluding carboxylic acids is 2. The van der Waals surface area contributed by atoms with E-state index in [2.05, 4.69) is 5.32 Å². The van der Waals surface area contributed by atoms with Crippen molar-refractivity contribution in [1.29, 1.82) is 0 Å². The van der Waals surface area contributed by atoms with Gasteiger partial charge in [0.1, 0.15) is 5.82 Å². The van der Waals surface area contributed by atoms with Gasteiger partial charge in [-0.2, -0.15) is 0 Å². The number of esters is 1. The molecule has 3 rings (SSSR count). The number of benzene rings is 1. The molecule has 2 saturated carbocycles. The summed E-state index contributed by atoms with van der Waals surface area (Å²) in [5.74, 6) is -0.944. The van der Waals surface area contributed by atoms with Crippen LogP contribution in [0.2, 0.25) is 0 Å². The molecule has 0 bridgehead atoms. The molecule has 4 nitrogen and oxygen atoms in total. The molecular formula is C18H22FNO3. The first-order valence-electron chi connectivity index (χ1n) is 8.29. The Bertz CT molecular complexity index is 589. The molecule has 1 N–H and O–H groups in total. The summed E-state index contributed by atoms with van der Waals surface area (Å²) in [6, 6.07) is 6.27. The Morgan fingerprint density at radius 3 is 2.39 bits per heavy atom. The van der Waals surface area contributed by atoms with E-state index in [0.29, 0.717) is 12.8 Å². The predicted molar refractivity (Wildman–Crippen MR) is 83.3 cm³/mol. The molecule has 1 aromatic carbocycles. The molecule has 124 valence electrons. The van der Waals surface area contributed by atoms with E-state index >= 15 is 0 Å². The van der Waals surface area contributed by atoms with E-state index in [4.69, 9.17) is 4.74 Å². The Balaban J connectivity index is 1.73. The van der Waals surface area contributed by atoms with Crippen LogP contribution in [0.5, 0.6) is 0 Å². The van der Waals surface area contributed by atoms with Crippen molar-refractivity contribution in [1.82, 2.24) is 5.32 Å². The number of amides is 1. The number of ether oxygens (including phenoxy) is 1. The molecule has 2 fully saturated rings. The summed E-state index contributed by atoms with van der Waals surface area (Å²) in [6.45, 7) is 1.60. The molecule has 0 aromatic heterocycles. The molecule has 0 saturated heterocycles. The van der Waals surface area contributed by atoms with Crippen molar-refractivity contribution in [2.45, 2.75) is 63.0 Å². The molecule has 0 spiro atoms. The fourth-order valence-corrected chi connectivity index (χ4v) is 3.23. The van der Waals surface area contributed by atoms with Crippen LogP contribution in [0.3, 0.4) is 0 Å². The highest BCUT2D eigenvalue weighted by atomic mass is 19.1. The van der Waals surface area contributed by atoms with E-state index in [0.717, 1.165) is 31.2 Å². The minimum absolute atomic E-state index is 0.237. The van der Waals surface area contributed by atoms with Crippen molar-refractivity contribution in [3.05, 3.63) is 35.6 Å². The SMILES string of the molecule is C[C@H](OC(=O)C1(c2ccc(F)cc2)CCCC1)C(=O)NC1CC1. The van der Waals surface area contributed by atoms with Crippen LogP contribution in [0.25, 0.3) is 0 Å². The Hall–Kier alpha value is -1.91. The molecule has 2 aliphatic carbocycles. The Labute approximate surface area is 135 Å². The first-order chi connectivity index (χ1) is 11.0. The van der Waals surface area contributed by atoms with Gasteiger partial charge in [-0.3, -0.25) is 9.59 Å². The molecule has 0 aliphatic heterocycles. The van der Waals surface area contributed by atoms with Crippen LogP contribution in [0, 0.1) is 5.82 Å². The summed E-state index contributed by atoms with van der Waals surface area (Å²) in [5.41, 5.74) is 0.0261. The highest BCUT2D eigenvalue weighted by molar-refractivity contribution is 5.88. The second kappa shape index (κ2) is 6.30. The Morgan fingerprint density at radius 1 is 1.22 bits per heavy atom. The fourth-order valence-electron chi connectivity index (χ4n) is 3.23. The van der Waals surface area contributed by atoms with E-state index in [9.17, 15) is 14.0 Å². The zero-order valence-corrected chi connectivity index (χ0v) is 13.3. The molecule has 1 amide bonds. The number of hydrogen-bond acceptors (Lipinski definition) is 3. The maximum atomic E-state index is 13.2. The summed E-state index contributed by atoms with van der Waals surface area (Å²) in [4.78, 5) is 24.8. The zero-order chi connectivity index (χ0) is 16.4. The van der Waals surface area contributed by atoms with Gasteiger partial charge in [0.25, 0.3) is 5.91 Å². The fraction of sp³-hybridized carbons (Fsp3) is 0.556. The number of hydrogen-bond donors (Lipinski definition) is 1. The highest BCUT2D eigenvalue weighted by Gasteiger charge is 2.45. The summed E-state index contributed by atoms with van der Waals surface area (Å²) in [7, 11) is 0. The minimum Gasteiger partial charge on any atom is -0.452 e. The lowest BCUT2D eigenvalue weighted by Crippen LogP contribution is -2.42. The van der Waals surface area contributed by atoms with Gasteiger partial charge >= 0.3 is 5.97 Å². The van der Waals surface area contributed by atoms with E-state index in [1.165, 1.54) is 12.1 Å². The maximum Gasteiger partial charge on any atom is 0.317 e. The number of halogens is 1. The number of carbonyl (C=O) groups is 2. The van der Waals surface area contributed by atoms with Crippen molar-refractivity contribution in [2.75, 3.05) is 0 Å². The Kier molecular flexibility index (Phi) is 4.37. The molecule has 1 atom stereocenters. The zero-order valence-electron chi connectivity index (χ0n) is 13.3. The third-order valence-electron chi connectivity index (χ3n) is 4.82. The topological polar surface area (TPSA) is 55.4 Å². The van der Waals surface area contributed by atoms with Crippen LogP contribution >= 0.6 is 0 Å². The number of rotatable bonds is 5. The summed E-state index contributed by atoms with van der Waals surface area (Å²) in [6.07, 6.45) is 4.38. The molecule has 23 heavy (non-hydrogen) atoms. The number of nitrogens with one attached hydrogen (secondary N) is 1. The van der Waals surface area contributed by atoms with Crippen molar-refractivity contribution in [3.8, 4) is 0 Å². The van der Waals surface area contributed by atoms with E-state index in [1.54, 1.807) is 19.1 Å². The molecule has 0 radical (unpaired) electrons. The molecule has 5 heteroatoms. The normalized spacial score (nSPS) is 20.8. The first-order valence-corrected chi connectivity index (χ1v) is 8.29. The average Bonchev–Trinajstić information content (AvgIpc) is 3.20. The maximum absolute atomic E-state index is 13.2. The van der Waals surface area contributed by atoms with Crippen molar-refractivity contribution >= 4 is 11.9 Å². The molecule has 2 aliphatic rings. The monoisotopic (exact) mass is 319 g/mol. The second-order valence-corrected chi connectivity index (χ2v) is 6.63. The van der Waals surface area contributed by atoms with Gasteiger partial charge in [0.2, 0.25) is 0 Å². The lowest BCUT2D eigenvalue weighted by Gasteiger charge is -2.28. The van der Waals surface area contributed by atoms with E-state index in [1.807, 2.05) is 0 Å². The van der Waals surface area contributed by atoms with Crippen molar-refractivity contribution in [2.24, 2.45) is 0 Å². The predicted octanol–water partition coefficient (Wildman–Crippen LogP) is 2.85. The van der Waals surface area contributed by atoms with Crippen molar-refractivity contribution < 1.29 is 18.7 Å². The molecular weight excluding hydrogens is 297 g/mol. The quantitative estimate of drug-likeness (QED) is 0.849. The third-order valence-corrected chi connectivity index (χ3v) is 4.82. The van der Waals surface area contributed by atoms with Crippen molar-refractivity contribution in [3.63, 3.8) is 0 Å². The van der Waals surface area contributed by atoms with Crippen LogP contribution in [-0.2, 0) is 19.7 Å². The van der Waals surface area contributed by atoms with Gasteiger partial charge in [0.05, 0.1) is 5.41 Å². The lowest BCUT2D eigenvalue weighted by molar-refractivity contribution is -0.160. The average molecular weight is 319 g/mol. The van der Waals surface area contributed by atoms with Crippen LogP contribution in [0.15, 0.2) is 24.3 Å². The van der Waals surface area contributed by atoms with Crippen LogP contribution in [-0.4, -0.2) is 24.0 Å². The summed E-state index contributed by atoms with van der Waals surface area (Å²) < 4.78 is 18.6. The lowest BCUT2D eigenvalue weighted by atomic mass is 9.79. The van der Waals surface area contributed by atoms with Gasteiger partial charge in [-0.05, 0) is 50.3 Å². The Morgan fingerprint density at radius 2 is 1.83 bits per heavy atom. The third kappa shape index (κ3) is 3.38. The van der Waals surface area contributed by atoms with Gasteiger partial charge in [0.15, 0.2) is 6.10 Å². The van der Waals surface area contributed by atoms with Gasteiger partial charge in [0, 0.05) is 6.04 Å². The largest absolute Gasteiger partial charge is 0.452 e. The van der Waals surface area contributed by atoms with Crippen LogP contribution < -0.4 is 5.32 Å². The standard InChI is InChI=1S/C18H22FNO3/c1-12(16(21)20-15-8-9-15)23-17(22)18(10-2-3-11-18)13-4-6-14(19)7-5-13/h4-7,12,15H,2-3,8-11H2,1H3,(H,20,21)/t12-/m0/s1. The summed E-state index contributed by atoms with van der Waals surface area (Å²) >= 11 is 0. The van der Waals surface area contributed by atoms with Crippen LogP contribution in [0.4, 0.5) is 4.39 Å². The first kappa shape index (κ1) is 16.0. The van der Waals surface area contributed by atoms with E-state index in [-0.39, 0.29) is 23.7 Å². The van der Waals surface area contributed by atoms with E-state index < -0.39 is 11.5 Å². The van der Waals surface area contributed by atoms with Gasteiger partial charge in [-0.1, -0.05) is 25.0 Å². The molecule has 0 heterocycles. The molecule has 1 aromatic rings. The van der Waals surface area contributed by atoms with Crippen LogP contribution in [0.1, 0.15) is 51.0 Å². The smallest absolute Gasteiger partial charge is 0.317 e. The van der Waals surface area contributed by atoms with Gasteiger partial charge in [-0.15, -0.1) is 0 Å². The second-order valence-electron chi connectivity index (χ2n) is 6.63. The minimum atomic E-state index is -0.805. The van der Waals surface area contributed by atoms with Gasteiger partial charge in [-0.25, -0.2) is 4.39 Å².